The highest BCUT2D eigenvalue weighted by molar-refractivity contribution is 5.86. The van der Waals surface area contributed by atoms with Crippen molar-refractivity contribution in [1.29, 1.82) is 0 Å². The van der Waals surface area contributed by atoms with E-state index >= 15 is 0 Å². The van der Waals surface area contributed by atoms with Crippen LogP contribution in [0.2, 0.25) is 0 Å². The van der Waals surface area contributed by atoms with Crippen molar-refractivity contribution in [3.8, 4) is 0 Å². The van der Waals surface area contributed by atoms with Gasteiger partial charge < -0.3 is 4.74 Å². The molecular formula is C15H31NO2. The molecule has 3 heteroatoms. The lowest BCUT2D eigenvalue weighted by Crippen LogP contribution is -2.35. The van der Waals surface area contributed by atoms with Crippen molar-refractivity contribution in [2.24, 2.45) is 11.8 Å². The van der Waals surface area contributed by atoms with Crippen LogP contribution in [-0.2, 0) is 9.53 Å². The highest BCUT2D eigenvalue weighted by atomic mass is 16.5. The van der Waals surface area contributed by atoms with E-state index in [1.165, 1.54) is 0 Å². The summed E-state index contributed by atoms with van der Waals surface area (Å²) >= 11 is 0. The second-order valence-electron chi connectivity index (χ2n) is 5.60. The number of hydrogen-bond acceptors (Lipinski definition) is 3. The van der Waals surface area contributed by atoms with Crippen molar-refractivity contribution >= 4 is 5.78 Å². The van der Waals surface area contributed by atoms with Crippen molar-refractivity contribution in [3.63, 3.8) is 0 Å². The molecule has 0 spiro atoms. The van der Waals surface area contributed by atoms with Gasteiger partial charge in [0, 0.05) is 19.1 Å². The summed E-state index contributed by atoms with van der Waals surface area (Å²) in [6.07, 6.45) is 1.10. The number of likely N-dealkylation sites (tertiary alicyclic amines) is 1. The van der Waals surface area contributed by atoms with E-state index in [0.717, 1.165) is 19.6 Å². The number of carbonyl (C=O) groups excluding carboxylic acids is 1. The number of likely N-dealkylation sites (N-methyl/N-ethyl adjacent to an activating group) is 1. The fourth-order valence-electron chi connectivity index (χ4n) is 2.12. The second kappa shape index (κ2) is 8.65. The number of nitrogens with zero attached hydrogens (tertiary/aromatic N) is 1. The van der Waals surface area contributed by atoms with Gasteiger partial charge in [-0.3, -0.25) is 9.69 Å². The summed E-state index contributed by atoms with van der Waals surface area (Å²) in [5.74, 6) is 1.03. The minimum Gasteiger partial charge on any atom is -0.377 e. The Bertz CT molecular complexity index is 239. The fraction of sp³-hybridized carbons (Fsp3) is 0.933. The van der Waals surface area contributed by atoms with Crippen LogP contribution in [0, 0.1) is 11.8 Å². The average molecular weight is 257 g/mol. The van der Waals surface area contributed by atoms with Crippen LogP contribution in [0.15, 0.2) is 0 Å². The topological polar surface area (TPSA) is 29.5 Å². The van der Waals surface area contributed by atoms with Crippen LogP contribution in [-0.4, -0.2) is 43.0 Å². The van der Waals surface area contributed by atoms with Crippen LogP contribution in [0.1, 0.15) is 48.0 Å². The predicted molar refractivity (Wildman–Crippen MR) is 76.8 cm³/mol. The number of hydrogen-bond donors (Lipinski definition) is 0. The quantitative estimate of drug-likeness (QED) is 0.758. The summed E-state index contributed by atoms with van der Waals surface area (Å²) in [4.78, 5) is 14.1. The lowest BCUT2D eigenvalue weighted by molar-refractivity contribution is -0.125. The standard InChI is InChI=1S/C13H25NO2.C2H6/c1-9(2)8-16-11-6-12(14(5)7-11)13(15)10(3)4;1-2/h9-12H,6-8H2,1-5H3;1-2H3. The van der Waals surface area contributed by atoms with Gasteiger partial charge >= 0.3 is 0 Å². The van der Waals surface area contributed by atoms with Gasteiger partial charge in [-0.1, -0.05) is 41.5 Å². The Hall–Kier alpha value is -0.410. The fourth-order valence-corrected chi connectivity index (χ4v) is 2.12. The normalized spacial score (nSPS) is 24.3. The molecule has 3 nitrogen and oxygen atoms in total. The van der Waals surface area contributed by atoms with Gasteiger partial charge in [0.2, 0.25) is 0 Å². The maximum absolute atomic E-state index is 11.9. The molecule has 1 fully saturated rings. The zero-order valence-electron chi connectivity index (χ0n) is 13.2. The maximum Gasteiger partial charge on any atom is 0.152 e. The summed E-state index contributed by atoms with van der Waals surface area (Å²) in [5.41, 5.74) is 0. The Kier molecular flexibility index (Phi) is 8.45. The summed E-state index contributed by atoms with van der Waals surface area (Å²) in [5, 5.41) is 0. The number of carbonyl (C=O) groups is 1. The number of rotatable bonds is 5. The maximum atomic E-state index is 11.9. The predicted octanol–water partition coefficient (Wildman–Crippen LogP) is 2.98. The van der Waals surface area contributed by atoms with E-state index < -0.39 is 0 Å². The van der Waals surface area contributed by atoms with Gasteiger partial charge in [-0.2, -0.15) is 0 Å². The van der Waals surface area contributed by atoms with Crippen LogP contribution in [0.5, 0.6) is 0 Å². The van der Waals surface area contributed by atoms with Crippen LogP contribution in [0.4, 0.5) is 0 Å². The van der Waals surface area contributed by atoms with E-state index in [1.807, 2.05) is 34.7 Å². The molecule has 0 saturated carbocycles. The molecule has 0 aliphatic carbocycles. The van der Waals surface area contributed by atoms with Crippen LogP contribution >= 0.6 is 0 Å². The van der Waals surface area contributed by atoms with Crippen molar-refractivity contribution < 1.29 is 9.53 Å². The van der Waals surface area contributed by atoms with Crippen LogP contribution < -0.4 is 0 Å². The average Bonchev–Trinajstić information content (AvgIpc) is 2.69. The molecule has 0 aromatic carbocycles. The van der Waals surface area contributed by atoms with Gasteiger partial charge in [-0.15, -0.1) is 0 Å². The van der Waals surface area contributed by atoms with Crippen molar-refractivity contribution in [3.05, 3.63) is 0 Å². The molecule has 0 aromatic rings. The molecule has 1 heterocycles. The Morgan fingerprint density at radius 3 is 2.28 bits per heavy atom. The highest BCUT2D eigenvalue weighted by Crippen LogP contribution is 2.22. The monoisotopic (exact) mass is 257 g/mol. The molecule has 2 unspecified atom stereocenters. The second-order valence-corrected chi connectivity index (χ2v) is 5.60. The lowest BCUT2D eigenvalue weighted by atomic mass is 10.00. The zero-order chi connectivity index (χ0) is 14.3. The summed E-state index contributed by atoms with van der Waals surface area (Å²) in [6.45, 7) is 13.9. The molecule has 0 radical (unpaired) electrons. The molecule has 1 saturated heterocycles. The van der Waals surface area contributed by atoms with Crippen LogP contribution in [0.3, 0.4) is 0 Å². The molecule has 0 aromatic heterocycles. The van der Waals surface area contributed by atoms with E-state index in [2.05, 4.69) is 18.7 Å². The SMILES string of the molecule is CC.CC(C)COC1CC(C(=O)C(C)C)N(C)C1. The first-order valence-electron chi connectivity index (χ1n) is 7.27. The highest BCUT2D eigenvalue weighted by Gasteiger charge is 2.35. The van der Waals surface area contributed by atoms with Crippen LogP contribution in [0.25, 0.3) is 0 Å². The third-order valence-electron chi connectivity index (χ3n) is 3.07. The first kappa shape index (κ1) is 17.6. The molecule has 0 amide bonds. The van der Waals surface area contributed by atoms with Gasteiger partial charge in [0.05, 0.1) is 12.1 Å². The van der Waals surface area contributed by atoms with Gasteiger partial charge in [-0.25, -0.2) is 0 Å². The van der Waals surface area contributed by atoms with Gasteiger partial charge in [0.15, 0.2) is 5.78 Å². The van der Waals surface area contributed by atoms with Gasteiger partial charge in [0.1, 0.15) is 0 Å². The minimum absolute atomic E-state index is 0.0668. The molecule has 0 N–H and O–H groups in total. The summed E-state index contributed by atoms with van der Waals surface area (Å²) in [6, 6.07) is 0.0668. The van der Waals surface area contributed by atoms with Crippen molar-refractivity contribution in [2.75, 3.05) is 20.2 Å². The summed E-state index contributed by atoms with van der Waals surface area (Å²) < 4.78 is 5.80. The largest absolute Gasteiger partial charge is 0.377 e. The molecule has 1 rings (SSSR count). The summed E-state index contributed by atoms with van der Waals surface area (Å²) in [7, 11) is 2.02. The Balaban J connectivity index is 0.00000137. The van der Waals surface area contributed by atoms with Crippen molar-refractivity contribution in [2.45, 2.75) is 60.1 Å². The smallest absolute Gasteiger partial charge is 0.152 e. The van der Waals surface area contributed by atoms with E-state index in [4.69, 9.17) is 4.74 Å². The molecule has 108 valence electrons. The number of ether oxygens (including phenoxy) is 1. The molecule has 2 atom stereocenters. The molecule has 1 aliphatic rings. The molecule has 18 heavy (non-hydrogen) atoms. The van der Waals surface area contributed by atoms with E-state index in [0.29, 0.717) is 11.7 Å². The van der Waals surface area contributed by atoms with E-state index in [9.17, 15) is 4.79 Å². The lowest BCUT2D eigenvalue weighted by Gasteiger charge is -2.19. The number of ketones is 1. The Morgan fingerprint density at radius 2 is 1.83 bits per heavy atom. The molecule has 0 bridgehead atoms. The first-order chi connectivity index (χ1) is 8.41. The van der Waals surface area contributed by atoms with Gasteiger partial charge in [0.25, 0.3) is 0 Å². The third kappa shape index (κ3) is 5.49. The van der Waals surface area contributed by atoms with E-state index in [1.54, 1.807) is 0 Å². The third-order valence-corrected chi connectivity index (χ3v) is 3.07. The van der Waals surface area contributed by atoms with Gasteiger partial charge in [-0.05, 0) is 19.4 Å². The van der Waals surface area contributed by atoms with E-state index in [-0.39, 0.29) is 18.1 Å². The molecule has 1 aliphatic heterocycles. The Morgan fingerprint density at radius 1 is 1.28 bits per heavy atom. The first-order valence-corrected chi connectivity index (χ1v) is 7.27. The zero-order valence-corrected chi connectivity index (χ0v) is 13.2. The number of Topliss-reactive ketones (excluding diaryl/α,β-unsaturated/α-hetero) is 1. The Labute approximate surface area is 113 Å². The van der Waals surface area contributed by atoms with Crippen molar-refractivity contribution in [1.82, 2.24) is 4.90 Å². The molecular weight excluding hydrogens is 226 g/mol. The minimum atomic E-state index is 0.0668.